The summed E-state index contributed by atoms with van der Waals surface area (Å²) in [5.74, 6) is -0.259. The molecular weight excluding hydrogens is 346 g/mol. The summed E-state index contributed by atoms with van der Waals surface area (Å²) in [5.41, 5.74) is 4.03. The molecule has 3 aromatic rings. The molecule has 0 bridgehead atoms. The van der Waals surface area contributed by atoms with Gasteiger partial charge in [0, 0.05) is 29.7 Å². The van der Waals surface area contributed by atoms with Gasteiger partial charge in [-0.2, -0.15) is 5.10 Å². The monoisotopic (exact) mass is 361 g/mol. The number of aromatic nitrogens is 3. The normalized spacial score (nSPS) is 15.2. The molecule has 3 heterocycles. The molecule has 0 atom stereocenters. The van der Waals surface area contributed by atoms with Crippen molar-refractivity contribution in [1.29, 1.82) is 0 Å². The molecule has 1 amide bonds. The number of hydrogen-bond donors (Lipinski definition) is 2. The summed E-state index contributed by atoms with van der Waals surface area (Å²) in [5, 5.41) is 10.4. The summed E-state index contributed by atoms with van der Waals surface area (Å²) in [6, 6.07) is 13.9. The summed E-state index contributed by atoms with van der Waals surface area (Å²) in [7, 11) is 0. The average molecular weight is 361 g/mol. The molecule has 1 aromatic carbocycles. The van der Waals surface area contributed by atoms with E-state index in [0.29, 0.717) is 23.0 Å². The van der Waals surface area contributed by atoms with Crippen LogP contribution >= 0.6 is 12.2 Å². The zero-order chi connectivity index (χ0) is 17.9. The molecule has 0 aliphatic carbocycles. The first-order valence-corrected chi connectivity index (χ1v) is 8.46. The first-order chi connectivity index (χ1) is 12.7. The van der Waals surface area contributed by atoms with Gasteiger partial charge in [-0.15, -0.1) is 0 Å². The Hall–Kier alpha value is -3.32. The molecule has 1 aliphatic heterocycles. The maximum absolute atomic E-state index is 12.0. The molecule has 26 heavy (non-hydrogen) atoms. The lowest BCUT2D eigenvalue weighted by Gasteiger charge is -2.00. The standard InChI is InChI=1S/C19H15N5OS/c25-18-17(21-19(26)22-18)9-16-15(14-7-4-8-20-10-14)12-24(23-16)11-13-5-2-1-3-6-13/h1-10,12H,11H2,(H2,21,22,25,26)/b17-9+. The number of benzene rings is 1. The molecule has 0 radical (unpaired) electrons. The number of hydrogen-bond acceptors (Lipinski definition) is 4. The van der Waals surface area contributed by atoms with Gasteiger partial charge in [0.15, 0.2) is 5.11 Å². The molecular formula is C19H15N5OS. The molecule has 6 nitrogen and oxygen atoms in total. The van der Waals surface area contributed by atoms with Gasteiger partial charge in [-0.05, 0) is 29.9 Å². The number of carbonyl (C=O) groups excluding carboxylic acids is 1. The van der Waals surface area contributed by atoms with Crippen molar-refractivity contribution in [3.05, 3.63) is 78.0 Å². The van der Waals surface area contributed by atoms with Crippen molar-refractivity contribution in [3.63, 3.8) is 0 Å². The zero-order valence-electron chi connectivity index (χ0n) is 13.7. The highest BCUT2D eigenvalue weighted by atomic mass is 32.1. The van der Waals surface area contributed by atoms with Crippen LogP contribution < -0.4 is 10.6 Å². The Balaban J connectivity index is 1.75. The van der Waals surface area contributed by atoms with Crippen LogP contribution in [-0.2, 0) is 11.3 Å². The number of nitrogens with zero attached hydrogens (tertiary/aromatic N) is 3. The third-order valence-electron chi connectivity index (χ3n) is 3.95. The van der Waals surface area contributed by atoms with E-state index in [2.05, 4.69) is 20.7 Å². The van der Waals surface area contributed by atoms with Gasteiger partial charge >= 0.3 is 0 Å². The second kappa shape index (κ2) is 6.89. The molecule has 4 rings (SSSR count). The van der Waals surface area contributed by atoms with Crippen LogP contribution in [0.5, 0.6) is 0 Å². The van der Waals surface area contributed by atoms with Crippen LogP contribution in [0.3, 0.4) is 0 Å². The van der Waals surface area contributed by atoms with Crippen molar-refractivity contribution in [3.8, 4) is 11.1 Å². The van der Waals surface area contributed by atoms with Crippen LogP contribution in [0.2, 0.25) is 0 Å². The highest BCUT2D eigenvalue weighted by Gasteiger charge is 2.21. The van der Waals surface area contributed by atoms with Crippen molar-refractivity contribution >= 4 is 29.3 Å². The zero-order valence-corrected chi connectivity index (χ0v) is 14.5. The van der Waals surface area contributed by atoms with Crippen molar-refractivity contribution in [2.24, 2.45) is 0 Å². The van der Waals surface area contributed by atoms with Gasteiger partial charge in [0.2, 0.25) is 0 Å². The van der Waals surface area contributed by atoms with Gasteiger partial charge < -0.3 is 5.32 Å². The van der Waals surface area contributed by atoms with E-state index in [4.69, 9.17) is 12.2 Å². The minimum atomic E-state index is -0.259. The maximum Gasteiger partial charge on any atom is 0.273 e. The molecule has 0 unspecified atom stereocenters. The lowest BCUT2D eigenvalue weighted by Crippen LogP contribution is -2.21. The third kappa shape index (κ3) is 3.38. The van der Waals surface area contributed by atoms with E-state index in [1.807, 2.05) is 53.3 Å². The van der Waals surface area contributed by atoms with Crippen molar-refractivity contribution in [2.75, 3.05) is 0 Å². The van der Waals surface area contributed by atoms with E-state index in [-0.39, 0.29) is 5.91 Å². The number of pyridine rings is 1. The highest BCUT2D eigenvalue weighted by Crippen LogP contribution is 2.24. The number of amides is 1. The summed E-state index contributed by atoms with van der Waals surface area (Å²) in [6.07, 6.45) is 7.17. The maximum atomic E-state index is 12.0. The largest absolute Gasteiger partial charge is 0.328 e. The molecule has 2 N–H and O–H groups in total. The average Bonchev–Trinajstić information content (AvgIpc) is 3.19. The van der Waals surface area contributed by atoms with Crippen LogP contribution in [0.1, 0.15) is 11.3 Å². The fourth-order valence-electron chi connectivity index (χ4n) is 2.76. The number of thiocarbonyl (C=S) groups is 1. The Morgan fingerprint density at radius 1 is 1.12 bits per heavy atom. The molecule has 1 aliphatic rings. The van der Waals surface area contributed by atoms with E-state index < -0.39 is 0 Å². The highest BCUT2D eigenvalue weighted by molar-refractivity contribution is 7.80. The third-order valence-corrected chi connectivity index (χ3v) is 4.16. The SMILES string of the molecule is O=C1NC(=S)N/C1=C/c1nn(Cc2ccccc2)cc1-c1cccnc1. The first-order valence-electron chi connectivity index (χ1n) is 8.05. The fourth-order valence-corrected chi connectivity index (χ4v) is 2.96. The smallest absolute Gasteiger partial charge is 0.273 e. The second-order valence-electron chi connectivity index (χ2n) is 5.82. The molecule has 1 fully saturated rings. The van der Waals surface area contributed by atoms with Gasteiger partial charge in [-0.1, -0.05) is 36.4 Å². The van der Waals surface area contributed by atoms with Crippen molar-refractivity contribution < 1.29 is 4.79 Å². The van der Waals surface area contributed by atoms with Crippen molar-refractivity contribution in [1.82, 2.24) is 25.4 Å². The molecule has 0 spiro atoms. The van der Waals surface area contributed by atoms with E-state index in [1.165, 1.54) is 0 Å². The summed E-state index contributed by atoms with van der Waals surface area (Å²) in [4.78, 5) is 16.1. The predicted molar refractivity (Wildman–Crippen MR) is 103 cm³/mol. The van der Waals surface area contributed by atoms with E-state index in [9.17, 15) is 4.79 Å². The van der Waals surface area contributed by atoms with Crippen LogP contribution in [0.4, 0.5) is 0 Å². The van der Waals surface area contributed by atoms with Gasteiger partial charge in [-0.3, -0.25) is 19.8 Å². The summed E-state index contributed by atoms with van der Waals surface area (Å²) in [6.45, 7) is 0.634. The summed E-state index contributed by atoms with van der Waals surface area (Å²) >= 11 is 4.99. The minimum Gasteiger partial charge on any atom is -0.328 e. The Morgan fingerprint density at radius 2 is 1.96 bits per heavy atom. The Bertz CT molecular complexity index is 995. The van der Waals surface area contributed by atoms with Crippen molar-refractivity contribution in [2.45, 2.75) is 6.54 Å². The number of rotatable bonds is 4. The van der Waals surface area contributed by atoms with E-state index in [0.717, 1.165) is 16.7 Å². The Morgan fingerprint density at radius 3 is 2.65 bits per heavy atom. The quantitative estimate of drug-likeness (QED) is 0.551. The fraction of sp³-hybridized carbons (Fsp3) is 0.0526. The summed E-state index contributed by atoms with van der Waals surface area (Å²) < 4.78 is 1.86. The topological polar surface area (TPSA) is 71.8 Å². The Labute approximate surface area is 155 Å². The Kier molecular flexibility index (Phi) is 4.28. The lowest BCUT2D eigenvalue weighted by atomic mass is 10.1. The van der Waals surface area contributed by atoms with Crippen LogP contribution in [-0.4, -0.2) is 25.8 Å². The lowest BCUT2D eigenvalue weighted by molar-refractivity contribution is -0.115. The van der Waals surface area contributed by atoms with Crippen LogP contribution in [0.25, 0.3) is 17.2 Å². The number of carbonyl (C=O) groups is 1. The van der Waals surface area contributed by atoms with Gasteiger partial charge in [-0.25, -0.2) is 0 Å². The number of nitrogens with one attached hydrogen (secondary N) is 2. The second-order valence-corrected chi connectivity index (χ2v) is 6.23. The van der Waals surface area contributed by atoms with Gasteiger partial charge in [0.05, 0.1) is 12.2 Å². The minimum absolute atomic E-state index is 0.259. The predicted octanol–water partition coefficient (Wildman–Crippen LogP) is 2.34. The molecule has 2 aromatic heterocycles. The van der Waals surface area contributed by atoms with Gasteiger partial charge in [0.25, 0.3) is 5.91 Å². The van der Waals surface area contributed by atoms with E-state index in [1.54, 1.807) is 18.5 Å². The van der Waals surface area contributed by atoms with Crippen LogP contribution in [0.15, 0.2) is 66.8 Å². The van der Waals surface area contributed by atoms with Crippen LogP contribution in [0, 0.1) is 0 Å². The molecule has 0 saturated carbocycles. The van der Waals surface area contributed by atoms with E-state index >= 15 is 0 Å². The molecule has 1 saturated heterocycles. The first kappa shape index (κ1) is 16.2. The van der Waals surface area contributed by atoms with Gasteiger partial charge in [0.1, 0.15) is 5.70 Å². The molecule has 7 heteroatoms. The molecule has 128 valence electrons.